The minimum Gasteiger partial charge on any atom is -0.456 e. The summed E-state index contributed by atoms with van der Waals surface area (Å²) >= 11 is 0. The van der Waals surface area contributed by atoms with Gasteiger partial charge in [-0.2, -0.15) is 0 Å². The molecule has 280 valence electrons. The molecule has 10 aromatic rings. The molecule has 11 rings (SSSR count). The van der Waals surface area contributed by atoms with Crippen LogP contribution in [0.4, 0.5) is 17.1 Å². The van der Waals surface area contributed by atoms with E-state index in [-0.39, 0.29) is 5.41 Å². The largest absolute Gasteiger partial charge is 0.456 e. The summed E-state index contributed by atoms with van der Waals surface area (Å²) in [6, 6.07) is 77.0. The Labute approximate surface area is 345 Å². The summed E-state index contributed by atoms with van der Waals surface area (Å²) in [6.45, 7) is 4.60. The van der Waals surface area contributed by atoms with Crippen molar-refractivity contribution in [1.29, 1.82) is 0 Å². The number of hydrogen-bond acceptors (Lipinski definition) is 2. The van der Waals surface area contributed by atoms with Gasteiger partial charge in [-0.15, -0.1) is 0 Å². The van der Waals surface area contributed by atoms with Crippen LogP contribution in [0.15, 0.2) is 212 Å². The minimum atomic E-state index is -0.204. The Hall–Kier alpha value is -7.42. The molecular formula is C57H41NO. The van der Waals surface area contributed by atoms with Crippen LogP contribution in [0.1, 0.15) is 25.0 Å². The Morgan fingerprint density at radius 3 is 1.51 bits per heavy atom. The average molecular weight is 756 g/mol. The monoisotopic (exact) mass is 755 g/mol. The molecular weight excluding hydrogens is 715 g/mol. The average Bonchev–Trinajstić information content (AvgIpc) is 3.29. The molecule has 0 atom stereocenters. The maximum Gasteiger partial charge on any atom is 0.139 e. The Morgan fingerprint density at radius 2 is 0.881 bits per heavy atom. The maximum absolute atomic E-state index is 6.80. The van der Waals surface area contributed by atoms with E-state index in [9.17, 15) is 0 Å². The van der Waals surface area contributed by atoms with Gasteiger partial charge in [0.05, 0.1) is 5.69 Å². The quantitative estimate of drug-likeness (QED) is 0.168. The van der Waals surface area contributed by atoms with E-state index in [1.807, 2.05) is 0 Å². The van der Waals surface area contributed by atoms with Crippen molar-refractivity contribution in [3.8, 4) is 44.9 Å². The van der Waals surface area contributed by atoms with Crippen molar-refractivity contribution in [1.82, 2.24) is 0 Å². The van der Waals surface area contributed by atoms with Crippen molar-refractivity contribution in [3.05, 3.63) is 223 Å². The molecule has 10 aromatic carbocycles. The van der Waals surface area contributed by atoms with Crippen LogP contribution < -0.4 is 9.64 Å². The third kappa shape index (κ3) is 5.96. The third-order valence-corrected chi connectivity index (χ3v) is 12.3. The summed E-state index contributed by atoms with van der Waals surface area (Å²) in [5, 5.41) is 7.31. The van der Waals surface area contributed by atoms with E-state index in [2.05, 4.69) is 231 Å². The standard InChI is InChI=1S/C57H41NO/c1-57(2)52-19-9-10-21-55(52)59-56-51(18-11-20-53(56)57)49-34-35-54(50-17-8-7-16-48(49)50)58(46-30-26-40(27-31-46)44-24-22-38-12-3-5-14-42(38)36-44)47-32-28-41(29-33-47)45-25-23-39-13-4-6-15-43(39)37-45/h3-37H,1-2H3. The highest BCUT2D eigenvalue weighted by Crippen LogP contribution is 2.52. The molecule has 0 aromatic heterocycles. The zero-order valence-electron chi connectivity index (χ0n) is 33.1. The number of rotatable bonds is 6. The van der Waals surface area contributed by atoms with Crippen molar-refractivity contribution in [2.24, 2.45) is 0 Å². The highest BCUT2D eigenvalue weighted by Gasteiger charge is 2.35. The first-order valence-corrected chi connectivity index (χ1v) is 20.4. The van der Waals surface area contributed by atoms with Gasteiger partial charge >= 0.3 is 0 Å². The molecule has 0 saturated carbocycles. The van der Waals surface area contributed by atoms with E-state index < -0.39 is 0 Å². The fourth-order valence-corrected chi connectivity index (χ4v) is 9.16. The Kier molecular flexibility index (Phi) is 8.20. The van der Waals surface area contributed by atoms with Crippen LogP contribution in [0, 0.1) is 0 Å². The van der Waals surface area contributed by atoms with E-state index in [0.29, 0.717) is 0 Å². The van der Waals surface area contributed by atoms with Gasteiger partial charge in [0.1, 0.15) is 11.5 Å². The predicted molar refractivity (Wildman–Crippen MR) is 249 cm³/mol. The summed E-state index contributed by atoms with van der Waals surface area (Å²) in [5.41, 5.74) is 12.5. The lowest BCUT2D eigenvalue weighted by Gasteiger charge is -2.35. The molecule has 0 spiro atoms. The van der Waals surface area contributed by atoms with E-state index in [1.54, 1.807) is 0 Å². The Morgan fingerprint density at radius 1 is 0.373 bits per heavy atom. The first-order chi connectivity index (χ1) is 29.0. The van der Waals surface area contributed by atoms with E-state index >= 15 is 0 Å². The molecule has 0 N–H and O–H groups in total. The molecule has 59 heavy (non-hydrogen) atoms. The van der Waals surface area contributed by atoms with E-state index in [0.717, 1.165) is 45.1 Å². The van der Waals surface area contributed by atoms with Crippen LogP contribution in [-0.4, -0.2) is 0 Å². The topological polar surface area (TPSA) is 12.5 Å². The van der Waals surface area contributed by atoms with Crippen molar-refractivity contribution in [2.45, 2.75) is 19.3 Å². The molecule has 1 aliphatic heterocycles. The van der Waals surface area contributed by atoms with Crippen LogP contribution in [-0.2, 0) is 5.41 Å². The summed E-state index contributed by atoms with van der Waals surface area (Å²) in [6.07, 6.45) is 0. The number of ether oxygens (including phenoxy) is 1. The fourth-order valence-electron chi connectivity index (χ4n) is 9.16. The molecule has 0 radical (unpaired) electrons. The smallest absolute Gasteiger partial charge is 0.139 e. The minimum absolute atomic E-state index is 0.204. The van der Waals surface area contributed by atoms with Gasteiger partial charge in [-0.1, -0.05) is 178 Å². The predicted octanol–water partition coefficient (Wildman–Crippen LogP) is 16.0. The van der Waals surface area contributed by atoms with Crippen LogP contribution in [0.25, 0.3) is 65.7 Å². The second-order valence-electron chi connectivity index (χ2n) is 16.1. The van der Waals surface area contributed by atoms with Gasteiger partial charge in [0.15, 0.2) is 0 Å². The highest BCUT2D eigenvalue weighted by molar-refractivity contribution is 6.07. The molecule has 0 aliphatic carbocycles. The molecule has 0 amide bonds. The number of anilines is 3. The van der Waals surface area contributed by atoms with Crippen LogP contribution in [0.2, 0.25) is 0 Å². The molecule has 2 heteroatoms. The third-order valence-electron chi connectivity index (χ3n) is 12.3. The lowest BCUT2D eigenvalue weighted by atomic mass is 9.74. The van der Waals surface area contributed by atoms with Crippen molar-refractivity contribution >= 4 is 49.4 Å². The number of fused-ring (bicyclic) bond motifs is 5. The summed E-state index contributed by atoms with van der Waals surface area (Å²) in [7, 11) is 0. The van der Waals surface area contributed by atoms with E-state index in [4.69, 9.17) is 4.74 Å². The van der Waals surface area contributed by atoms with Gasteiger partial charge in [0.2, 0.25) is 0 Å². The van der Waals surface area contributed by atoms with Gasteiger partial charge in [-0.25, -0.2) is 0 Å². The number of benzene rings is 10. The van der Waals surface area contributed by atoms with E-state index in [1.165, 1.54) is 60.3 Å². The van der Waals surface area contributed by atoms with Crippen molar-refractivity contribution in [3.63, 3.8) is 0 Å². The number of para-hydroxylation sites is 2. The SMILES string of the molecule is CC1(C)c2ccccc2Oc2c(-c3ccc(N(c4ccc(-c5ccc6ccccc6c5)cc4)c4ccc(-c5ccc6ccccc6c5)cc4)c4ccccc34)cccc21. The molecule has 0 fully saturated rings. The Balaban J connectivity index is 1.05. The van der Waals surface area contributed by atoms with Crippen LogP contribution in [0.5, 0.6) is 11.5 Å². The zero-order valence-corrected chi connectivity index (χ0v) is 33.1. The summed E-state index contributed by atoms with van der Waals surface area (Å²) in [5.74, 6) is 1.85. The summed E-state index contributed by atoms with van der Waals surface area (Å²) in [4.78, 5) is 2.40. The van der Waals surface area contributed by atoms with Gasteiger partial charge in [0.25, 0.3) is 0 Å². The lowest BCUT2D eigenvalue weighted by Crippen LogP contribution is -2.24. The lowest BCUT2D eigenvalue weighted by molar-refractivity contribution is 0.419. The van der Waals surface area contributed by atoms with Gasteiger partial charge in [0, 0.05) is 38.9 Å². The van der Waals surface area contributed by atoms with Crippen molar-refractivity contribution < 1.29 is 4.74 Å². The second-order valence-corrected chi connectivity index (χ2v) is 16.1. The van der Waals surface area contributed by atoms with Crippen molar-refractivity contribution in [2.75, 3.05) is 4.90 Å². The molecule has 1 aliphatic rings. The normalized spacial score (nSPS) is 12.8. The van der Waals surface area contributed by atoms with Gasteiger partial charge in [-0.05, 0) is 103 Å². The first kappa shape index (κ1) is 34.8. The summed E-state index contributed by atoms with van der Waals surface area (Å²) < 4.78 is 6.80. The Bertz CT molecular complexity index is 3090. The van der Waals surface area contributed by atoms with Gasteiger partial charge in [-0.3, -0.25) is 0 Å². The molecule has 0 unspecified atom stereocenters. The second kappa shape index (κ2) is 13.9. The van der Waals surface area contributed by atoms with Crippen LogP contribution >= 0.6 is 0 Å². The molecule has 1 heterocycles. The molecule has 0 saturated heterocycles. The fraction of sp³-hybridized carbons (Fsp3) is 0.0526. The molecule has 2 nitrogen and oxygen atoms in total. The first-order valence-electron chi connectivity index (χ1n) is 20.4. The highest BCUT2D eigenvalue weighted by atomic mass is 16.5. The molecule has 0 bridgehead atoms. The van der Waals surface area contributed by atoms with Gasteiger partial charge < -0.3 is 9.64 Å². The number of nitrogens with zero attached hydrogens (tertiary/aromatic N) is 1. The van der Waals surface area contributed by atoms with Crippen LogP contribution in [0.3, 0.4) is 0 Å². The maximum atomic E-state index is 6.80. The number of hydrogen-bond donors (Lipinski definition) is 0. The zero-order chi connectivity index (χ0) is 39.5.